The zero-order valence-corrected chi connectivity index (χ0v) is 14.1. The molecule has 1 N–H and O–H groups in total. The highest BCUT2D eigenvalue weighted by Crippen LogP contribution is 2.29. The Hall–Kier alpha value is -0.450. The third kappa shape index (κ3) is 3.23. The first-order chi connectivity index (χ1) is 9.50. The first-order valence-electron chi connectivity index (χ1n) is 7.41. The summed E-state index contributed by atoms with van der Waals surface area (Å²) in [6, 6.07) is 5.82. The Balaban J connectivity index is 2.21. The molecule has 1 saturated heterocycles. The molecule has 0 radical (unpaired) electrons. The third-order valence-corrected chi connectivity index (χ3v) is 5.51. The number of nitrogens with zero attached hydrogens (tertiary/aromatic N) is 1. The van der Waals surface area contributed by atoms with Crippen LogP contribution in [0.3, 0.4) is 0 Å². The van der Waals surface area contributed by atoms with E-state index < -0.39 is 0 Å². The maximum absolute atomic E-state index is 13.7. The summed E-state index contributed by atoms with van der Waals surface area (Å²) in [5.41, 5.74) is 1.17. The number of nitrogens with one attached hydrogen (secondary N) is 1. The van der Waals surface area contributed by atoms with Crippen molar-refractivity contribution in [2.45, 2.75) is 51.7 Å². The number of hydrogen-bond donors (Lipinski definition) is 1. The molecular weight excluding hydrogens is 319 g/mol. The number of rotatable bonds is 4. The molecule has 2 nitrogen and oxygen atoms in total. The summed E-state index contributed by atoms with van der Waals surface area (Å²) in [4.78, 5) is 2.50. The van der Waals surface area contributed by atoms with Gasteiger partial charge in [0, 0.05) is 31.2 Å². The summed E-state index contributed by atoms with van der Waals surface area (Å²) < 4.78 is 14.3. The maximum Gasteiger partial charge on any atom is 0.137 e. The fourth-order valence-corrected chi connectivity index (χ4v) is 3.17. The van der Waals surface area contributed by atoms with Crippen LogP contribution in [0.25, 0.3) is 0 Å². The second kappa shape index (κ2) is 6.54. The van der Waals surface area contributed by atoms with Gasteiger partial charge in [-0.1, -0.05) is 26.0 Å². The van der Waals surface area contributed by atoms with Crippen molar-refractivity contribution >= 4 is 15.9 Å². The fourth-order valence-electron chi connectivity index (χ4n) is 2.78. The Morgan fingerprint density at radius 3 is 2.85 bits per heavy atom. The van der Waals surface area contributed by atoms with Crippen molar-refractivity contribution in [1.82, 2.24) is 10.2 Å². The van der Waals surface area contributed by atoms with Gasteiger partial charge in [-0.3, -0.25) is 4.90 Å². The molecule has 1 aromatic rings. The number of piperazine rings is 1. The standard InChI is InChI=1S/C16H24BrFN2/c1-4-13-10-20(16(3,5-2)11-19-13)9-12-7-6-8-14(18)15(12)17/h6-8,13,19H,4-5,9-11H2,1-3H3. The molecule has 1 aromatic carbocycles. The molecule has 1 heterocycles. The van der Waals surface area contributed by atoms with Crippen LogP contribution >= 0.6 is 15.9 Å². The lowest BCUT2D eigenvalue weighted by Crippen LogP contribution is -2.62. The molecule has 1 fully saturated rings. The lowest BCUT2D eigenvalue weighted by Gasteiger charge is -2.48. The normalized spacial score (nSPS) is 27.8. The van der Waals surface area contributed by atoms with Gasteiger partial charge in [0.25, 0.3) is 0 Å². The molecule has 2 unspecified atom stereocenters. The van der Waals surface area contributed by atoms with Crippen LogP contribution < -0.4 is 5.32 Å². The monoisotopic (exact) mass is 342 g/mol. The van der Waals surface area contributed by atoms with E-state index in [9.17, 15) is 4.39 Å². The number of hydrogen-bond acceptors (Lipinski definition) is 2. The van der Waals surface area contributed by atoms with E-state index >= 15 is 0 Å². The van der Waals surface area contributed by atoms with Crippen molar-refractivity contribution in [2.75, 3.05) is 13.1 Å². The van der Waals surface area contributed by atoms with Crippen LogP contribution in [0.5, 0.6) is 0 Å². The average molecular weight is 343 g/mol. The summed E-state index contributed by atoms with van der Waals surface area (Å²) in [5, 5.41) is 3.62. The Morgan fingerprint density at radius 2 is 2.20 bits per heavy atom. The molecule has 1 aliphatic rings. The molecule has 1 aliphatic heterocycles. The molecule has 0 amide bonds. The van der Waals surface area contributed by atoms with Crippen molar-refractivity contribution in [3.05, 3.63) is 34.1 Å². The lowest BCUT2D eigenvalue weighted by atomic mass is 9.91. The van der Waals surface area contributed by atoms with Crippen LogP contribution in [-0.4, -0.2) is 29.6 Å². The van der Waals surface area contributed by atoms with E-state index in [1.54, 1.807) is 6.07 Å². The predicted octanol–water partition coefficient (Wildman–Crippen LogP) is 3.94. The van der Waals surface area contributed by atoms with E-state index in [-0.39, 0.29) is 11.4 Å². The van der Waals surface area contributed by atoms with Gasteiger partial charge in [-0.2, -0.15) is 0 Å². The highest BCUT2D eigenvalue weighted by molar-refractivity contribution is 9.10. The van der Waals surface area contributed by atoms with Gasteiger partial charge in [-0.05, 0) is 47.3 Å². The first kappa shape index (κ1) is 15.9. The third-order valence-electron chi connectivity index (χ3n) is 4.62. The quantitative estimate of drug-likeness (QED) is 0.891. The topological polar surface area (TPSA) is 15.3 Å². The zero-order valence-electron chi connectivity index (χ0n) is 12.5. The van der Waals surface area contributed by atoms with E-state index in [4.69, 9.17) is 0 Å². The predicted molar refractivity (Wildman–Crippen MR) is 85.3 cm³/mol. The van der Waals surface area contributed by atoms with Gasteiger partial charge in [0.2, 0.25) is 0 Å². The van der Waals surface area contributed by atoms with Crippen molar-refractivity contribution in [1.29, 1.82) is 0 Å². The molecule has 0 saturated carbocycles. The van der Waals surface area contributed by atoms with Crippen molar-refractivity contribution < 1.29 is 4.39 Å². The fraction of sp³-hybridized carbons (Fsp3) is 0.625. The number of halogens is 2. The van der Waals surface area contributed by atoms with Gasteiger partial charge in [-0.15, -0.1) is 0 Å². The van der Waals surface area contributed by atoms with Gasteiger partial charge in [-0.25, -0.2) is 4.39 Å². The van der Waals surface area contributed by atoms with Gasteiger partial charge in [0.15, 0.2) is 0 Å². The molecule has 2 rings (SSSR count). The molecular formula is C16H24BrFN2. The van der Waals surface area contributed by atoms with E-state index in [0.717, 1.165) is 38.0 Å². The van der Waals surface area contributed by atoms with Crippen molar-refractivity contribution in [3.63, 3.8) is 0 Å². The van der Waals surface area contributed by atoms with Crippen LogP contribution in [0.1, 0.15) is 39.2 Å². The Labute approximate surface area is 129 Å². The van der Waals surface area contributed by atoms with Gasteiger partial charge >= 0.3 is 0 Å². The molecule has 2 atom stereocenters. The van der Waals surface area contributed by atoms with Crippen LogP contribution in [0.4, 0.5) is 4.39 Å². The first-order valence-corrected chi connectivity index (χ1v) is 8.20. The zero-order chi connectivity index (χ0) is 14.8. The summed E-state index contributed by atoms with van der Waals surface area (Å²) in [6.07, 6.45) is 2.21. The summed E-state index contributed by atoms with van der Waals surface area (Å²) in [5.74, 6) is -0.178. The molecule has 20 heavy (non-hydrogen) atoms. The van der Waals surface area contributed by atoms with Crippen LogP contribution in [-0.2, 0) is 6.54 Å². The molecule has 0 aliphatic carbocycles. The second-order valence-corrected chi connectivity index (χ2v) is 6.72. The van der Waals surface area contributed by atoms with E-state index in [1.807, 2.05) is 6.07 Å². The lowest BCUT2D eigenvalue weighted by molar-refractivity contribution is 0.0406. The highest BCUT2D eigenvalue weighted by Gasteiger charge is 2.35. The molecule has 0 spiro atoms. The Morgan fingerprint density at radius 1 is 1.45 bits per heavy atom. The largest absolute Gasteiger partial charge is 0.311 e. The van der Waals surface area contributed by atoms with E-state index in [2.05, 4.69) is 46.9 Å². The average Bonchev–Trinajstić information content (AvgIpc) is 2.46. The minimum Gasteiger partial charge on any atom is -0.311 e. The van der Waals surface area contributed by atoms with Crippen LogP contribution in [0.2, 0.25) is 0 Å². The minimum atomic E-state index is -0.178. The van der Waals surface area contributed by atoms with Gasteiger partial charge in [0.1, 0.15) is 5.82 Å². The van der Waals surface area contributed by atoms with Crippen molar-refractivity contribution in [2.24, 2.45) is 0 Å². The van der Waals surface area contributed by atoms with E-state index in [0.29, 0.717) is 10.5 Å². The van der Waals surface area contributed by atoms with Gasteiger partial charge < -0.3 is 5.32 Å². The summed E-state index contributed by atoms with van der Waals surface area (Å²) in [7, 11) is 0. The smallest absolute Gasteiger partial charge is 0.137 e. The van der Waals surface area contributed by atoms with Crippen LogP contribution in [0.15, 0.2) is 22.7 Å². The molecule has 0 aromatic heterocycles. The Bertz CT molecular complexity index is 466. The SMILES string of the molecule is CCC1CN(Cc2cccc(F)c2Br)C(C)(CC)CN1. The molecule has 4 heteroatoms. The summed E-state index contributed by atoms with van der Waals surface area (Å²) >= 11 is 3.38. The van der Waals surface area contributed by atoms with Crippen LogP contribution in [0, 0.1) is 5.82 Å². The van der Waals surface area contributed by atoms with Crippen molar-refractivity contribution in [3.8, 4) is 0 Å². The second-order valence-electron chi connectivity index (χ2n) is 5.93. The summed E-state index contributed by atoms with van der Waals surface area (Å²) in [6.45, 7) is 9.53. The Kier molecular flexibility index (Phi) is 5.21. The highest BCUT2D eigenvalue weighted by atomic mass is 79.9. The molecule has 0 bridgehead atoms. The number of benzene rings is 1. The maximum atomic E-state index is 13.7. The van der Waals surface area contributed by atoms with Gasteiger partial charge in [0.05, 0.1) is 4.47 Å². The van der Waals surface area contributed by atoms with E-state index in [1.165, 1.54) is 6.07 Å². The minimum absolute atomic E-state index is 0.136. The molecule has 112 valence electrons.